The average molecular weight is 465 g/mol. The Kier molecular flexibility index (Phi) is 11.9. The van der Waals surface area contributed by atoms with E-state index in [2.05, 4.69) is 0 Å². The van der Waals surface area contributed by atoms with Gasteiger partial charge in [0.25, 0.3) is 0 Å². The van der Waals surface area contributed by atoms with E-state index in [1.165, 1.54) is 6.08 Å². The van der Waals surface area contributed by atoms with Gasteiger partial charge in [0.1, 0.15) is 6.61 Å². The molecule has 0 aliphatic heterocycles. The topological polar surface area (TPSA) is 78.9 Å². The molecule has 0 saturated heterocycles. The van der Waals surface area contributed by atoms with Crippen LogP contribution in [0.3, 0.4) is 0 Å². The highest BCUT2D eigenvalue weighted by atomic mass is 16.6. The fraction of sp³-hybridized carbons (Fsp3) is 0.321. The monoisotopic (exact) mass is 464 g/mol. The van der Waals surface area contributed by atoms with Crippen molar-refractivity contribution >= 4 is 30.1 Å². The van der Waals surface area contributed by atoms with Crippen LogP contribution in [0.15, 0.2) is 60.7 Å². The molecule has 0 atom stereocenters. The Labute approximate surface area is 201 Å². The summed E-state index contributed by atoms with van der Waals surface area (Å²) in [5.41, 5.74) is 1.62. The molecule has 2 rings (SSSR count). The van der Waals surface area contributed by atoms with Gasteiger partial charge in [-0.3, -0.25) is 9.59 Å². The maximum absolute atomic E-state index is 12.1. The van der Waals surface area contributed by atoms with Gasteiger partial charge in [-0.25, -0.2) is 4.79 Å². The Morgan fingerprint density at radius 2 is 1.41 bits per heavy atom. The Bertz CT molecular complexity index is 991. The molecular formula is C28H32O6. The molecule has 0 amide bonds. The third-order valence-corrected chi connectivity index (χ3v) is 4.73. The predicted octanol–water partition coefficient (Wildman–Crippen LogP) is 6.15. The number of unbranched alkanes of at least 4 members (excludes halogenated alkanes) is 2. The van der Waals surface area contributed by atoms with Crippen LogP contribution < -0.4 is 9.47 Å². The van der Waals surface area contributed by atoms with Crippen LogP contribution in [-0.4, -0.2) is 24.5 Å². The SMILES string of the molecule is CCCCC(=O)Oc1ccc(/C=C/C(=O)OC/C=C/c2ccccc2)cc1OC(=O)CCCC. The van der Waals surface area contributed by atoms with Crippen molar-refractivity contribution in [2.45, 2.75) is 52.4 Å². The highest BCUT2D eigenvalue weighted by Gasteiger charge is 2.14. The zero-order valence-electron chi connectivity index (χ0n) is 19.8. The maximum atomic E-state index is 12.1. The van der Waals surface area contributed by atoms with Crippen molar-refractivity contribution in [1.82, 2.24) is 0 Å². The van der Waals surface area contributed by atoms with Gasteiger partial charge >= 0.3 is 17.9 Å². The highest BCUT2D eigenvalue weighted by molar-refractivity contribution is 5.87. The predicted molar refractivity (Wildman–Crippen MR) is 132 cm³/mol. The summed E-state index contributed by atoms with van der Waals surface area (Å²) in [6.45, 7) is 4.11. The minimum absolute atomic E-state index is 0.144. The minimum atomic E-state index is -0.505. The van der Waals surface area contributed by atoms with Gasteiger partial charge in [-0.05, 0) is 48.3 Å². The molecule has 0 fully saturated rings. The van der Waals surface area contributed by atoms with Gasteiger partial charge in [-0.1, -0.05) is 69.2 Å². The lowest BCUT2D eigenvalue weighted by Gasteiger charge is -2.11. The molecule has 0 unspecified atom stereocenters. The molecule has 2 aromatic rings. The van der Waals surface area contributed by atoms with Crippen molar-refractivity contribution in [3.8, 4) is 11.5 Å². The van der Waals surface area contributed by atoms with Crippen LogP contribution in [0.1, 0.15) is 63.5 Å². The van der Waals surface area contributed by atoms with Crippen LogP contribution >= 0.6 is 0 Å². The number of hydrogen-bond donors (Lipinski definition) is 0. The molecule has 0 radical (unpaired) electrons. The van der Waals surface area contributed by atoms with Crippen LogP contribution in [0.2, 0.25) is 0 Å². The first-order chi connectivity index (χ1) is 16.5. The Balaban J connectivity index is 2.02. The molecule has 0 N–H and O–H groups in total. The highest BCUT2D eigenvalue weighted by Crippen LogP contribution is 2.30. The van der Waals surface area contributed by atoms with E-state index < -0.39 is 11.9 Å². The fourth-order valence-electron chi connectivity index (χ4n) is 2.87. The standard InChI is InChI=1S/C28H32O6/c1-3-5-14-27(30)33-24-18-16-23(21-25(24)34-28(31)15-6-4-2)17-19-26(29)32-20-10-13-22-11-8-7-9-12-22/h7-13,16-19,21H,3-6,14-15,20H2,1-2H3/b13-10+,19-17+. The maximum Gasteiger partial charge on any atom is 0.331 e. The Hall–Kier alpha value is -3.67. The molecule has 0 aliphatic carbocycles. The number of carbonyl (C=O) groups is 3. The first kappa shape index (κ1) is 26.6. The number of hydrogen-bond acceptors (Lipinski definition) is 6. The zero-order valence-corrected chi connectivity index (χ0v) is 19.8. The molecule has 0 aromatic heterocycles. The summed E-state index contributed by atoms with van der Waals surface area (Å²) in [5, 5.41) is 0. The first-order valence-electron chi connectivity index (χ1n) is 11.6. The largest absolute Gasteiger partial charge is 0.458 e. The van der Waals surface area contributed by atoms with E-state index >= 15 is 0 Å². The van der Waals surface area contributed by atoms with Gasteiger partial charge in [-0.2, -0.15) is 0 Å². The number of carbonyl (C=O) groups excluding carboxylic acids is 3. The van der Waals surface area contributed by atoms with Crippen LogP contribution in [0, 0.1) is 0 Å². The van der Waals surface area contributed by atoms with Crippen LogP contribution in [0.25, 0.3) is 12.2 Å². The minimum Gasteiger partial charge on any atom is -0.458 e. The number of esters is 3. The molecular weight excluding hydrogens is 432 g/mol. The molecule has 34 heavy (non-hydrogen) atoms. The second kappa shape index (κ2) is 15.2. The summed E-state index contributed by atoms with van der Waals surface area (Å²) in [5.74, 6) is -0.972. The summed E-state index contributed by atoms with van der Waals surface area (Å²) >= 11 is 0. The van der Waals surface area contributed by atoms with Gasteiger partial charge in [0, 0.05) is 18.9 Å². The molecule has 0 heterocycles. The fourth-order valence-corrected chi connectivity index (χ4v) is 2.87. The van der Waals surface area contributed by atoms with Crippen molar-refractivity contribution in [2.24, 2.45) is 0 Å². The summed E-state index contributed by atoms with van der Waals surface area (Å²) in [6.07, 6.45) is 10.2. The first-order valence-corrected chi connectivity index (χ1v) is 11.6. The average Bonchev–Trinajstić information content (AvgIpc) is 2.84. The third kappa shape index (κ3) is 10.3. The summed E-state index contributed by atoms with van der Waals surface area (Å²) in [7, 11) is 0. The summed E-state index contributed by atoms with van der Waals surface area (Å²) < 4.78 is 16.0. The van der Waals surface area contributed by atoms with E-state index in [0.29, 0.717) is 18.4 Å². The zero-order chi connectivity index (χ0) is 24.6. The smallest absolute Gasteiger partial charge is 0.331 e. The van der Waals surface area contributed by atoms with Gasteiger partial charge in [0.05, 0.1) is 0 Å². The number of benzene rings is 2. The van der Waals surface area contributed by atoms with Gasteiger partial charge in [0.15, 0.2) is 11.5 Å². The quantitative estimate of drug-likeness (QED) is 0.201. The van der Waals surface area contributed by atoms with E-state index in [4.69, 9.17) is 14.2 Å². The van der Waals surface area contributed by atoms with Crippen LogP contribution in [0.5, 0.6) is 11.5 Å². The van der Waals surface area contributed by atoms with Gasteiger partial charge in [0.2, 0.25) is 0 Å². The normalized spacial score (nSPS) is 11.0. The molecule has 0 spiro atoms. The van der Waals surface area contributed by atoms with Crippen molar-refractivity contribution < 1.29 is 28.6 Å². The third-order valence-electron chi connectivity index (χ3n) is 4.73. The Morgan fingerprint density at radius 1 is 0.765 bits per heavy atom. The summed E-state index contributed by atoms with van der Waals surface area (Å²) in [4.78, 5) is 36.2. The van der Waals surface area contributed by atoms with E-state index in [1.54, 1.807) is 30.4 Å². The molecule has 6 heteroatoms. The number of ether oxygens (including phenoxy) is 3. The van der Waals surface area contributed by atoms with Crippen molar-refractivity contribution in [3.63, 3.8) is 0 Å². The van der Waals surface area contributed by atoms with Crippen molar-refractivity contribution in [1.29, 1.82) is 0 Å². The van der Waals surface area contributed by atoms with E-state index in [9.17, 15) is 14.4 Å². The van der Waals surface area contributed by atoms with Gasteiger partial charge in [-0.15, -0.1) is 0 Å². The molecule has 6 nitrogen and oxygen atoms in total. The Morgan fingerprint density at radius 3 is 2.06 bits per heavy atom. The second-order valence-electron chi connectivity index (χ2n) is 7.64. The van der Waals surface area contributed by atoms with E-state index in [1.807, 2.05) is 50.3 Å². The molecule has 0 aliphatic rings. The van der Waals surface area contributed by atoms with Crippen LogP contribution in [0.4, 0.5) is 0 Å². The van der Waals surface area contributed by atoms with E-state index in [0.717, 1.165) is 18.4 Å². The van der Waals surface area contributed by atoms with E-state index in [-0.39, 0.29) is 36.9 Å². The summed E-state index contributed by atoms with van der Waals surface area (Å²) in [6, 6.07) is 14.5. The molecule has 2 aromatic carbocycles. The second-order valence-corrected chi connectivity index (χ2v) is 7.64. The molecule has 0 bridgehead atoms. The molecule has 0 saturated carbocycles. The van der Waals surface area contributed by atoms with Gasteiger partial charge < -0.3 is 14.2 Å². The number of rotatable bonds is 13. The van der Waals surface area contributed by atoms with Crippen LogP contribution in [-0.2, 0) is 19.1 Å². The van der Waals surface area contributed by atoms with Crippen molar-refractivity contribution in [3.05, 3.63) is 71.8 Å². The lowest BCUT2D eigenvalue weighted by Crippen LogP contribution is -2.12. The lowest BCUT2D eigenvalue weighted by atomic mass is 10.2. The lowest BCUT2D eigenvalue weighted by molar-refractivity contribution is -0.137. The molecule has 180 valence electrons. The van der Waals surface area contributed by atoms with Crippen molar-refractivity contribution in [2.75, 3.05) is 6.61 Å².